The van der Waals surface area contributed by atoms with E-state index in [9.17, 15) is 4.79 Å². The van der Waals surface area contributed by atoms with Crippen LogP contribution in [0.3, 0.4) is 0 Å². The van der Waals surface area contributed by atoms with E-state index in [1.54, 1.807) is 13.0 Å². The van der Waals surface area contributed by atoms with Crippen molar-refractivity contribution in [2.75, 3.05) is 6.54 Å². The van der Waals surface area contributed by atoms with Crippen molar-refractivity contribution in [3.05, 3.63) is 29.7 Å². The molecule has 0 spiro atoms. The second-order valence-corrected chi connectivity index (χ2v) is 2.98. The number of aromatic nitrogens is 1. The SMILES string of the molecule is C/C=C/C(=O)NCCc1cc(C)no1. The van der Waals surface area contributed by atoms with Crippen molar-refractivity contribution in [2.24, 2.45) is 0 Å². The summed E-state index contributed by atoms with van der Waals surface area (Å²) in [7, 11) is 0. The van der Waals surface area contributed by atoms with Gasteiger partial charge in [0.25, 0.3) is 0 Å². The van der Waals surface area contributed by atoms with E-state index in [0.717, 1.165) is 11.5 Å². The van der Waals surface area contributed by atoms with E-state index in [1.807, 2.05) is 13.0 Å². The Balaban J connectivity index is 2.25. The van der Waals surface area contributed by atoms with Crippen LogP contribution in [0.5, 0.6) is 0 Å². The Labute approximate surface area is 83.0 Å². The number of nitrogens with one attached hydrogen (secondary N) is 1. The first kappa shape index (κ1) is 10.5. The molecule has 1 amide bonds. The van der Waals surface area contributed by atoms with E-state index < -0.39 is 0 Å². The van der Waals surface area contributed by atoms with Gasteiger partial charge in [-0.3, -0.25) is 4.79 Å². The predicted octanol–water partition coefficient (Wildman–Crippen LogP) is 1.22. The number of amides is 1. The fourth-order valence-electron chi connectivity index (χ4n) is 1.05. The molecule has 0 atom stereocenters. The van der Waals surface area contributed by atoms with Gasteiger partial charge in [-0.1, -0.05) is 11.2 Å². The highest BCUT2D eigenvalue weighted by Gasteiger charge is 2.00. The molecule has 1 heterocycles. The van der Waals surface area contributed by atoms with Crippen LogP contribution in [0.25, 0.3) is 0 Å². The summed E-state index contributed by atoms with van der Waals surface area (Å²) in [5, 5.41) is 6.48. The largest absolute Gasteiger partial charge is 0.361 e. The highest BCUT2D eigenvalue weighted by Crippen LogP contribution is 2.01. The maximum absolute atomic E-state index is 11.0. The molecule has 0 fully saturated rings. The van der Waals surface area contributed by atoms with Gasteiger partial charge in [0.2, 0.25) is 5.91 Å². The van der Waals surface area contributed by atoms with Gasteiger partial charge in [-0.25, -0.2) is 0 Å². The summed E-state index contributed by atoms with van der Waals surface area (Å²) in [6, 6.07) is 1.86. The second kappa shape index (κ2) is 5.21. The van der Waals surface area contributed by atoms with Crippen LogP contribution in [0.15, 0.2) is 22.7 Å². The van der Waals surface area contributed by atoms with Crippen LogP contribution in [0.2, 0.25) is 0 Å². The third kappa shape index (κ3) is 3.43. The maximum Gasteiger partial charge on any atom is 0.243 e. The van der Waals surface area contributed by atoms with Crippen molar-refractivity contribution in [2.45, 2.75) is 20.3 Å². The molecule has 0 aliphatic heterocycles. The second-order valence-electron chi connectivity index (χ2n) is 2.98. The van der Waals surface area contributed by atoms with Crippen LogP contribution in [0.1, 0.15) is 18.4 Å². The van der Waals surface area contributed by atoms with E-state index in [-0.39, 0.29) is 5.91 Å². The van der Waals surface area contributed by atoms with Crippen LogP contribution in [0, 0.1) is 6.92 Å². The molecule has 0 saturated carbocycles. The average molecular weight is 194 g/mol. The number of aryl methyl sites for hydroxylation is 1. The van der Waals surface area contributed by atoms with Gasteiger partial charge in [-0.05, 0) is 19.9 Å². The quantitative estimate of drug-likeness (QED) is 0.733. The molecular formula is C10H14N2O2. The van der Waals surface area contributed by atoms with Crippen LogP contribution >= 0.6 is 0 Å². The Morgan fingerprint density at radius 3 is 3.07 bits per heavy atom. The summed E-state index contributed by atoms with van der Waals surface area (Å²) in [5.41, 5.74) is 0.861. The van der Waals surface area contributed by atoms with E-state index >= 15 is 0 Å². The number of carbonyl (C=O) groups is 1. The van der Waals surface area contributed by atoms with Crippen LogP contribution in [0.4, 0.5) is 0 Å². The predicted molar refractivity (Wildman–Crippen MR) is 52.8 cm³/mol. The molecule has 0 aliphatic carbocycles. The van der Waals surface area contributed by atoms with Crippen molar-refractivity contribution in [3.8, 4) is 0 Å². The van der Waals surface area contributed by atoms with Gasteiger partial charge in [0, 0.05) is 19.0 Å². The fraction of sp³-hybridized carbons (Fsp3) is 0.400. The maximum atomic E-state index is 11.0. The fourth-order valence-corrected chi connectivity index (χ4v) is 1.05. The molecule has 4 nitrogen and oxygen atoms in total. The molecule has 1 aromatic rings. The monoisotopic (exact) mass is 194 g/mol. The smallest absolute Gasteiger partial charge is 0.243 e. The Hall–Kier alpha value is -1.58. The minimum atomic E-state index is -0.0799. The molecule has 0 saturated heterocycles. The molecule has 1 rings (SSSR count). The lowest BCUT2D eigenvalue weighted by Gasteiger charge is -1.98. The van der Waals surface area contributed by atoms with Gasteiger partial charge >= 0.3 is 0 Å². The number of rotatable bonds is 4. The lowest BCUT2D eigenvalue weighted by Crippen LogP contribution is -2.23. The summed E-state index contributed by atoms with van der Waals surface area (Å²) < 4.78 is 4.99. The zero-order chi connectivity index (χ0) is 10.4. The van der Waals surface area contributed by atoms with Crippen molar-refractivity contribution in [1.29, 1.82) is 0 Å². The molecule has 4 heteroatoms. The van der Waals surface area contributed by atoms with Gasteiger partial charge in [-0.15, -0.1) is 0 Å². The molecule has 14 heavy (non-hydrogen) atoms. The first-order valence-corrected chi connectivity index (χ1v) is 4.55. The van der Waals surface area contributed by atoms with Crippen LogP contribution in [-0.4, -0.2) is 17.6 Å². The summed E-state index contributed by atoms with van der Waals surface area (Å²) in [6.45, 7) is 4.24. The molecule has 1 aromatic heterocycles. The molecule has 0 unspecified atom stereocenters. The summed E-state index contributed by atoms with van der Waals surface area (Å²) in [6.07, 6.45) is 3.86. The molecule has 0 radical (unpaired) electrons. The third-order valence-electron chi connectivity index (χ3n) is 1.67. The Kier molecular flexibility index (Phi) is 3.91. The van der Waals surface area contributed by atoms with Crippen molar-refractivity contribution < 1.29 is 9.32 Å². The molecule has 0 aliphatic rings. The van der Waals surface area contributed by atoms with E-state index in [2.05, 4.69) is 10.5 Å². The van der Waals surface area contributed by atoms with Crippen molar-refractivity contribution >= 4 is 5.91 Å². The number of hydrogen-bond acceptors (Lipinski definition) is 3. The van der Waals surface area contributed by atoms with Crippen LogP contribution in [-0.2, 0) is 11.2 Å². The molecule has 1 N–H and O–H groups in total. The van der Waals surface area contributed by atoms with Gasteiger partial charge in [-0.2, -0.15) is 0 Å². The summed E-state index contributed by atoms with van der Waals surface area (Å²) in [5.74, 6) is 0.715. The molecule has 0 bridgehead atoms. The minimum absolute atomic E-state index is 0.0799. The summed E-state index contributed by atoms with van der Waals surface area (Å²) >= 11 is 0. The molecule has 76 valence electrons. The lowest BCUT2D eigenvalue weighted by atomic mass is 10.3. The number of carbonyl (C=O) groups excluding carboxylic acids is 1. The number of nitrogens with zero attached hydrogens (tertiary/aromatic N) is 1. The number of hydrogen-bond donors (Lipinski definition) is 1. The van der Waals surface area contributed by atoms with Gasteiger partial charge in [0.15, 0.2) is 0 Å². The third-order valence-corrected chi connectivity index (χ3v) is 1.67. The summed E-state index contributed by atoms with van der Waals surface area (Å²) in [4.78, 5) is 11.0. The molecular weight excluding hydrogens is 180 g/mol. The van der Waals surface area contributed by atoms with Crippen molar-refractivity contribution in [3.63, 3.8) is 0 Å². The Morgan fingerprint density at radius 2 is 2.50 bits per heavy atom. The minimum Gasteiger partial charge on any atom is -0.361 e. The highest BCUT2D eigenvalue weighted by atomic mass is 16.5. The average Bonchev–Trinajstić information content (AvgIpc) is 2.52. The van der Waals surface area contributed by atoms with E-state index in [1.165, 1.54) is 6.08 Å². The topological polar surface area (TPSA) is 55.1 Å². The Morgan fingerprint density at radius 1 is 1.71 bits per heavy atom. The Bertz CT molecular complexity index is 329. The first-order chi connectivity index (χ1) is 6.72. The zero-order valence-electron chi connectivity index (χ0n) is 8.41. The van der Waals surface area contributed by atoms with Gasteiger partial charge in [0.05, 0.1) is 5.69 Å². The highest BCUT2D eigenvalue weighted by molar-refractivity contribution is 5.87. The van der Waals surface area contributed by atoms with Gasteiger partial charge < -0.3 is 9.84 Å². The first-order valence-electron chi connectivity index (χ1n) is 4.55. The standard InChI is InChI=1S/C10H14N2O2/c1-3-4-10(13)11-6-5-9-7-8(2)12-14-9/h3-4,7H,5-6H2,1-2H3,(H,11,13)/b4-3+. The van der Waals surface area contributed by atoms with Crippen LogP contribution < -0.4 is 5.32 Å². The normalized spacial score (nSPS) is 10.7. The molecule has 0 aromatic carbocycles. The van der Waals surface area contributed by atoms with Crippen molar-refractivity contribution in [1.82, 2.24) is 10.5 Å². The lowest BCUT2D eigenvalue weighted by molar-refractivity contribution is -0.116. The number of allylic oxidation sites excluding steroid dienone is 1. The van der Waals surface area contributed by atoms with Gasteiger partial charge in [0.1, 0.15) is 5.76 Å². The van der Waals surface area contributed by atoms with E-state index in [0.29, 0.717) is 13.0 Å². The van der Waals surface area contributed by atoms with E-state index in [4.69, 9.17) is 4.52 Å². The zero-order valence-corrected chi connectivity index (χ0v) is 8.41.